The largest absolute Gasteiger partial charge is 0.395 e. The summed E-state index contributed by atoms with van der Waals surface area (Å²) in [6, 6.07) is 2.07. The Morgan fingerprint density at radius 1 is 1.50 bits per heavy atom. The normalized spacial score (nSPS) is 11.1. The summed E-state index contributed by atoms with van der Waals surface area (Å²) in [6.45, 7) is 5.15. The van der Waals surface area contributed by atoms with E-state index in [0.29, 0.717) is 0 Å². The van der Waals surface area contributed by atoms with Crippen molar-refractivity contribution in [1.82, 2.24) is 4.90 Å². The third-order valence-electron chi connectivity index (χ3n) is 2.01. The lowest BCUT2D eigenvalue weighted by molar-refractivity contribution is 0.191. The van der Waals surface area contributed by atoms with Gasteiger partial charge in [0, 0.05) is 22.4 Å². The molecule has 14 heavy (non-hydrogen) atoms. The molecule has 0 aliphatic rings. The predicted molar refractivity (Wildman–Crippen MR) is 64.7 cm³/mol. The van der Waals surface area contributed by atoms with Crippen LogP contribution in [0.25, 0.3) is 0 Å². The van der Waals surface area contributed by atoms with Gasteiger partial charge in [-0.3, -0.25) is 4.90 Å². The fraction of sp³-hybridized carbons (Fsp3) is 0.600. The summed E-state index contributed by atoms with van der Waals surface area (Å²) >= 11 is 5.28. The summed E-state index contributed by atoms with van der Waals surface area (Å²) in [5.41, 5.74) is 0. The molecular weight excluding hydrogens is 262 g/mol. The van der Waals surface area contributed by atoms with E-state index in [1.165, 1.54) is 9.35 Å². The zero-order valence-electron chi connectivity index (χ0n) is 8.37. The van der Waals surface area contributed by atoms with Gasteiger partial charge in [-0.25, -0.2) is 0 Å². The summed E-state index contributed by atoms with van der Waals surface area (Å²) in [6.07, 6.45) is 1.13. The van der Waals surface area contributed by atoms with Gasteiger partial charge in [0.1, 0.15) is 0 Å². The summed E-state index contributed by atoms with van der Waals surface area (Å²) in [7, 11) is 0. The molecule has 0 radical (unpaired) electrons. The zero-order valence-corrected chi connectivity index (χ0v) is 10.8. The monoisotopic (exact) mass is 277 g/mol. The number of thiophene rings is 1. The molecule has 0 fully saturated rings. The number of aliphatic hydroxyl groups excluding tert-OH is 1. The van der Waals surface area contributed by atoms with E-state index in [2.05, 4.69) is 39.2 Å². The van der Waals surface area contributed by atoms with Crippen molar-refractivity contribution in [2.75, 3.05) is 19.7 Å². The van der Waals surface area contributed by atoms with Crippen LogP contribution in [0.4, 0.5) is 0 Å². The average Bonchev–Trinajstić information content (AvgIpc) is 2.53. The van der Waals surface area contributed by atoms with Crippen LogP contribution in [0.3, 0.4) is 0 Å². The minimum absolute atomic E-state index is 0.239. The Morgan fingerprint density at radius 3 is 2.79 bits per heavy atom. The zero-order chi connectivity index (χ0) is 10.4. The van der Waals surface area contributed by atoms with Crippen molar-refractivity contribution < 1.29 is 5.11 Å². The molecule has 1 N–H and O–H groups in total. The number of hydrogen-bond donors (Lipinski definition) is 1. The van der Waals surface area contributed by atoms with Gasteiger partial charge in [-0.05, 0) is 40.3 Å². The van der Waals surface area contributed by atoms with Crippen molar-refractivity contribution >= 4 is 27.3 Å². The second kappa shape index (κ2) is 6.56. The topological polar surface area (TPSA) is 23.5 Å². The lowest BCUT2D eigenvalue weighted by Crippen LogP contribution is -2.26. The van der Waals surface area contributed by atoms with Crippen LogP contribution in [-0.2, 0) is 6.54 Å². The number of halogens is 1. The Bertz CT molecular complexity index is 258. The smallest absolute Gasteiger partial charge is 0.0558 e. The van der Waals surface area contributed by atoms with Crippen molar-refractivity contribution in [3.05, 3.63) is 20.8 Å². The Kier molecular flexibility index (Phi) is 5.70. The van der Waals surface area contributed by atoms with Crippen LogP contribution in [0.1, 0.15) is 18.2 Å². The van der Waals surface area contributed by atoms with Gasteiger partial charge in [0.15, 0.2) is 0 Å². The molecule has 1 aromatic heterocycles. The van der Waals surface area contributed by atoms with Crippen molar-refractivity contribution in [2.45, 2.75) is 19.9 Å². The fourth-order valence-corrected chi connectivity index (χ4v) is 2.89. The van der Waals surface area contributed by atoms with E-state index in [1.54, 1.807) is 11.3 Å². The third kappa shape index (κ3) is 3.69. The summed E-state index contributed by atoms with van der Waals surface area (Å²) in [4.78, 5) is 3.61. The molecule has 0 unspecified atom stereocenters. The van der Waals surface area contributed by atoms with E-state index in [0.717, 1.165) is 26.1 Å². The lowest BCUT2D eigenvalue weighted by atomic mass is 10.3. The number of nitrogens with zero attached hydrogens (tertiary/aromatic N) is 1. The number of rotatable bonds is 6. The molecule has 0 amide bonds. The molecule has 1 aromatic rings. The van der Waals surface area contributed by atoms with Crippen LogP contribution in [0.2, 0.25) is 0 Å². The van der Waals surface area contributed by atoms with Gasteiger partial charge in [0.25, 0.3) is 0 Å². The average molecular weight is 278 g/mol. The Labute approximate surface area is 97.7 Å². The van der Waals surface area contributed by atoms with Gasteiger partial charge in [0.05, 0.1) is 6.61 Å². The maximum atomic E-state index is 8.91. The van der Waals surface area contributed by atoms with Gasteiger partial charge < -0.3 is 5.11 Å². The first kappa shape index (κ1) is 12.2. The molecule has 1 rings (SSSR count). The maximum Gasteiger partial charge on any atom is 0.0558 e. The maximum absolute atomic E-state index is 8.91. The molecule has 0 atom stereocenters. The Morgan fingerprint density at radius 2 is 2.29 bits per heavy atom. The van der Waals surface area contributed by atoms with E-state index in [4.69, 9.17) is 5.11 Å². The van der Waals surface area contributed by atoms with Gasteiger partial charge in [0.2, 0.25) is 0 Å². The van der Waals surface area contributed by atoms with Crippen molar-refractivity contribution in [2.24, 2.45) is 0 Å². The highest BCUT2D eigenvalue weighted by Gasteiger charge is 2.07. The van der Waals surface area contributed by atoms with E-state index < -0.39 is 0 Å². The predicted octanol–water partition coefficient (Wildman–Crippen LogP) is 2.71. The second-order valence-corrected chi connectivity index (χ2v) is 5.05. The van der Waals surface area contributed by atoms with Crippen LogP contribution in [0.5, 0.6) is 0 Å². The van der Waals surface area contributed by atoms with Gasteiger partial charge in [-0.2, -0.15) is 0 Å². The number of hydrogen-bond acceptors (Lipinski definition) is 3. The van der Waals surface area contributed by atoms with Crippen LogP contribution in [0, 0.1) is 0 Å². The first-order chi connectivity index (χ1) is 6.77. The molecule has 0 aliphatic carbocycles. The molecule has 0 saturated heterocycles. The van der Waals surface area contributed by atoms with Gasteiger partial charge in [-0.15, -0.1) is 11.3 Å². The van der Waals surface area contributed by atoms with Crippen molar-refractivity contribution in [3.8, 4) is 0 Å². The Balaban J connectivity index is 2.50. The molecule has 0 aliphatic heterocycles. The van der Waals surface area contributed by atoms with Crippen molar-refractivity contribution in [3.63, 3.8) is 0 Å². The molecule has 2 nitrogen and oxygen atoms in total. The molecule has 0 saturated carbocycles. The fourth-order valence-electron chi connectivity index (χ4n) is 1.37. The molecule has 0 spiro atoms. The molecule has 4 heteroatoms. The quantitative estimate of drug-likeness (QED) is 0.865. The first-order valence-electron chi connectivity index (χ1n) is 4.83. The second-order valence-electron chi connectivity index (χ2n) is 3.19. The summed E-state index contributed by atoms with van der Waals surface area (Å²) < 4.78 is 1.18. The lowest BCUT2D eigenvalue weighted by Gasteiger charge is -2.19. The van der Waals surface area contributed by atoms with E-state index in [1.807, 2.05) is 0 Å². The highest BCUT2D eigenvalue weighted by molar-refractivity contribution is 9.10. The van der Waals surface area contributed by atoms with Crippen molar-refractivity contribution in [1.29, 1.82) is 0 Å². The number of aliphatic hydroxyl groups is 1. The minimum atomic E-state index is 0.239. The molecule has 0 bridgehead atoms. The first-order valence-corrected chi connectivity index (χ1v) is 6.50. The van der Waals surface area contributed by atoms with Gasteiger partial charge >= 0.3 is 0 Å². The van der Waals surface area contributed by atoms with Crippen LogP contribution in [-0.4, -0.2) is 29.7 Å². The SMILES string of the molecule is CCCN(CCO)Cc1sccc1Br. The Hall–Kier alpha value is 0.100. The molecule has 1 heterocycles. The van der Waals surface area contributed by atoms with Crippen LogP contribution < -0.4 is 0 Å². The molecule has 80 valence electrons. The highest BCUT2D eigenvalue weighted by Crippen LogP contribution is 2.24. The molecular formula is C10H16BrNOS. The molecule has 0 aromatic carbocycles. The van der Waals surface area contributed by atoms with Gasteiger partial charge in [-0.1, -0.05) is 6.92 Å². The van der Waals surface area contributed by atoms with E-state index in [9.17, 15) is 0 Å². The van der Waals surface area contributed by atoms with Crippen LogP contribution >= 0.6 is 27.3 Å². The van der Waals surface area contributed by atoms with E-state index >= 15 is 0 Å². The van der Waals surface area contributed by atoms with Crippen LogP contribution in [0.15, 0.2) is 15.9 Å². The third-order valence-corrected chi connectivity index (χ3v) is 3.93. The standard InChI is InChI=1S/C10H16BrNOS/c1-2-4-12(5-6-13)8-10-9(11)3-7-14-10/h3,7,13H,2,4-6,8H2,1H3. The summed E-state index contributed by atoms with van der Waals surface area (Å²) in [5.74, 6) is 0. The van der Waals surface area contributed by atoms with E-state index in [-0.39, 0.29) is 6.61 Å². The highest BCUT2D eigenvalue weighted by atomic mass is 79.9. The minimum Gasteiger partial charge on any atom is -0.395 e. The summed E-state index contributed by atoms with van der Waals surface area (Å²) in [5, 5.41) is 11.0.